The summed E-state index contributed by atoms with van der Waals surface area (Å²) in [6.07, 6.45) is 28.5. The lowest BCUT2D eigenvalue weighted by Gasteiger charge is -2.06. The van der Waals surface area contributed by atoms with Crippen molar-refractivity contribution in [2.45, 2.75) is 156 Å². The molecule has 0 aromatic rings. The quantitative estimate of drug-likeness (QED) is 0.0964. The summed E-state index contributed by atoms with van der Waals surface area (Å²) in [5.41, 5.74) is 0. The lowest BCUT2D eigenvalue weighted by Crippen LogP contribution is -1.85. The molecular formula is C32H56S6. The molecule has 2 heterocycles. The van der Waals surface area contributed by atoms with Crippen molar-refractivity contribution in [1.82, 2.24) is 0 Å². The number of hydrogen-bond donors (Lipinski definition) is 0. The van der Waals surface area contributed by atoms with E-state index in [0.717, 1.165) is 0 Å². The first-order valence-electron chi connectivity index (χ1n) is 15.8. The minimum atomic E-state index is 1.29. The predicted molar refractivity (Wildman–Crippen MR) is 191 cm³/mol. The van der Waals surface area contributed by atoms with Gasteiger partial charge in [-0.2, -0.15) is 0 Å². The summed E-state index contributed by atoms with van der Waals surface area (Å²) < 4.78 is 6.29. The van der Waals surface area contributed by atoms with E-state index in [4.69, 9.17) is 0 Å². The summed E-state index contributed by atoms with van der Waals surface area (Å²) in [4.78, 5) is 2.98. The van der Waals surface area contributed by atoms with Crippen LogP contribution in [0.25, 0.3) is 0 Å². The second kappa shape index (κ2) is 23.8. The predicted octanol–water partition coefficient (Wildman–Crippen LogP) is 14.8. The molecule has 0 aliphatic carbocycles. The van der Waals surface area contributed by atoms with Gasteiger partial charge in [-0.3, -0.25) is 0 Å². The van der Waals surface area contributed by atoms with E-state index in [1.807, 2.05) is 23.5 Å². The second-order valence-electron chi connectivity index (χ2n) is 10.7. The Morgan fingerprint density at radius 3 is 1.03 bits per heavy atom. The Balaban J connectivity index is 1.65. The Bertz CT molecular complexity index is 667. The van der Waals surface area contributed by atoms with E-state index in [9.17, 15) is 0 Å². The van der Waals surface area contributed by atoms with E-state index in [0.29, 0.717) is 0 Å². The van der Waals surface area contributed by atoms with Crippen LogP contribution in [-0.4, -0.2) is 11.5 Å². The zero-order chi connectivity index (χ0) is 27.3. The van der Waals surface area contributed by atoms with Crippen LogP contribution in [-0.2, 0) is 0 Å². The average Bonchev–Trinajstić information content (AvgIpc) is 3.48. The molecule has 2 rings (SSSR count). The summed E-state index contributed by atoms with van der Waals surface area (Å²) >= 11 is 12.5. The molecule has 0 amide bonds. The highest BCUT2D eigenvalue weighted by molar-refractivity contribution is 8.42. The molecule has 0 unspecified atom stereocenters. The van der Waals surface area contributed by atoms with Crippen molar-refractivity contribution < 1.29 is 0 Å². The first-order chi connectivity index (χ1) is 18.7. The van der Waals surface area contributed by atoms with Crippen molar-refractivity contribution in [2.24, 2.45) is 0 Å². The van der Waals surface area contributed by atoms with Gasteiger partial charge in [0, 0.05) is 0 Å². The zero-order valence-electron chi connectivity index (χ0n) is 25.0. The highest BCUT2D eigenvalue weighted by atomic mass is 32.3. The van der Waals surface area contributed by atoms with Gasteiger partial charge in [0.2, 0.25) is 0 Å². The Hall–Kier alpha value is 1.32. The third kappa shape index (κ3) is 16.1. The van der Waals surface area contributed by atoms with Gasteiger partial charge in [0.15, 0.2) is 0 Å². The second-order valence-corrected chi connectivity index (χ2v) is 18.5. The SMILES string of the molecule is CCCCCCCCCCCCSC1=C(SCCCCCCCCCCCC)SC(=C2SC(C)=C(C)S2)S1. The molecule has 0 nitrogen and oxygen atoms in total. The van der Waals surface area contributed by atoms with Gasteiger partial charge < -0.3 is 0 Å². The standard InChI is InChI=1S/C32H56S6/c1-5-7-9-11-13-15-17-19-21-23-25-33-29-30(38-32(37-29)31-35-27(3)28(4)36-31)34-26-24-22-20-18-16-14-12-10-8-6-2/h5-26H2,1-4H3. The summed E-state index contributed by atoms with van der Waals surface area (Å²) in [5, 5.41) is 0. The van der Waals surface area contributed by atoms with Gasteiger partial charge >= 0.3 is 0 Å². The van der Waals surface area contributed by atoms with Gasteiger partial charge in [-0.05, 0) is 48.0 Å². The molecule has 6 heteroatoms. The fraction of sp³-hybridized carbons (Fsp3) is 0.812. The number of hydrogen-bond acceptors (Lipinski definition) is 6. The van der Waals surface area contributed by atoms with Crippen LogP contribution < -0.4 is 0 Å². The maximum Gasteiger partial charge on any atom is 0.0717 e. The molecule has 0 saturated heterocycles. The maximum absolute atomic E-state index is 2.31. The molecule has 38 heavy (non-hydrogen) atoms. The Labute approximate surface area is 263 Å². The van der Waals surface area contributed by atoms with Crippen molar-refractivity contribution >= 4 is 70.6 Å². The van der Waals surface area contributed by atoms with Gasteiger partial charge in [-0.15, -0.1) is 23.5 Å². The molecule has 2 aliphatic rings. The average molecular weight is 633 g/mol. The van der Waals surface area contributed by atoms with Crippen LogP contribution in [0.1, 0.15) is 156 Å². The lowest BCUT2D eigenvalue weighted by molar-refractivity contribution is 0.563. The van der Waals surface area contributed by atoms with Gasteiger partial charge in [0.1, 0.15) is 0 Å². The monoisotopic (exact) mass is 632 g/mol. The molecule has 0 bridgehead atoms. The van der Waals surface area contributed by atoms with Crippen molar-refractivity contribution in [1.29, 1.82) is 0 Å². The fourth-order valence-corrected chi connectivity index (χ4v) is 13.4. The summed E-state index contributed by atoms with van der Waals surface area (Å²) in [6.45, 7) is 9.17. The van der Waals surface area contributed by atoms with Crippen LogP contribution in [0.15, 0.2) is 26.8 Å². The lowest BCUT2D eigenvalue weighted by atomic mass is 10.1. The summed E-state index contributed by atoms with van der Waals surface area (Å²) in [7, 11) is 0. The van der Waals surface area contributed by atoms with Crippen molar-refractivity contribution in [2.75, 3.05) is 11.5 Å². The Morgan fingerprint density at radius 2 is 0.684 bits per heavy atom. The number of allylic oxidation sites excluding steroid dienone is 2. The third-order valence-corrected chi connectivity index (χ3v) is 16.0. The van der Waals surface area contributed by atoms with E-state index in [2.05, 4.69) is 74.7 Å². The van der Waals surface area contributed by atoms with Crippen molar-refractivity contribution in [3.63, 3.8) is 0 Å². The third-order valence-electron chi connectivity index (χ3n) is 7.15. The van der Waals surface area contributed by atoms with Crippen LogP contribution >= 0.6 is 70.6 Å². The van der Waals surface area contributed by atoms with Crippen LogP contribution in [0.3, 0.4) is 0 Å². The highest BCUT2D eigenvalue weighted by Gasteiger charge is 2.28. The topological polar surface area (TPSA) is 0 Å². The van der Waals surface area contributed by atoms with E-state index in [1.54, 1.807) is 12.7 Å². The molecular weight excluding hydrogens is 577 g/mol. The maximum atomic E-state index is 2.31. The van der Waals surface area contributed by atoms with Gasteiger partial charge in [-0.1, -0.05) is 176 Å². The van der Waals surface area contributed by atoms with Crippen molar-refractivity contribution in [3.05, 3.63) is 26.8 Å². The van der Waals surface area contributed by atoms with E-state index in [-0.39, 0.29) is 0 Å². The van der Waals surface area contributed by atoms with Crippen LogP contribution in [0, 0.1) is 0 Å². The molecule has 0 radical (unpaired) electrons. The number of thioether (sulfide) groups is 6. The van der Waals surface area contributed by atoms with Gasteiger partial charge in [-0.25, -0.2) is 0 Å². The molecule has 220 valence electrons. The van der Waals surface area contributed by atoms with Gasteiger partial charge in [0.05, 0.1) is 16.9 Å². The molecule has 0 fully saturated rings. The molecule has 0 spiro atoms. The normalized spacial score (nSPS) is 16.1. The smallest absolute Gasteiger partial charge is 0.0717 e. The summed E-state index contributed by atoms with van der Waals surface area (Å²) in [6, 6.07) is 0. The highest BCUT2D eigenvalue weighted by Crippen LogP contribution is 2.63. The van der Waals surface area contributed by atoms with Crippen molar-refractivity contribution in [3.8, 4) is 0 Å². The molecule has 2 aliphatic heterocycles. The minimum absolute atomic E-state index is 1.29. The largest absolute Gasteiger partial charge is 0.117 e. The van der Waals surface area contributed by atoms with Crippen LogP contribution in [0.4, 0.5) is 0 Å². The molecule has 0 saturated carbocycles. The molecule has 0 atom stereocenters. The van der Waals surface area contributed by atoms with Crippen LogP contribution in [0.5, 0.6) is 0 Å². The molecule has 0 N–H and O–H groups in total. The summed E-state index contributed by atoms with van der Waals surface area (Å²) in [5.74, 6) is 2.59. The van der Waals surface area contributed by atoms with E-state index >= 15 is 0 Å². The molecule has 0 aromatic carbocycles. The van der Waals surface area contributed by atoms with Gasteiger partial charge in [0.25, 0.3) is 0 Å². The number of unbranched alkanes of at least 4 members (excludes halogenated alkanes) is 18. The first kappa shape index (κ1) is 35.5. The van der Waals surface area contributed by atoms with E-state index in [1.165, 1.54) is 154 Å². The Kier molecular flexibility index (Phi) is 22.3. The fourth-order valence-electron chi connectivity index (χ4n) is 4.57. The Morgan fingerprint density at radius 1 is 0.395 bits per heavy atom. The van der Waals surface area contributed by atoms with Crippen LogP contribution in [0.2, 0.25) is 0 Å². The number of rotatable bonds is 24. The zero-order valence-corrected chi connectivity index (χ0v) is 29.9. The minimum Gasteiger partial charge on any atom is -0.117 e. The van der Waals surface area contributed by atoms with E-state index < -0.39 is 0 Å². The first-order valence-corrected chi connectivity index (χ1v) is 21.0. The molecule has 0 aromatic heterocycles.